The Morgan fingerprint density at radius 3 is 2.28 bits per heavy atom. The number of halogens is 1. The van der Waals surface area contributed by atoms with Gasteiger partial charge in [0.05, 0.1) is 41.7 Å². The van der Waals surface area contributed by atoms with Gasteiger partial charge in [0.1, 0.15) is 11.5 Å². The van der Waals surface area contributed by atoms with Gasteiger partial charge in [-0.15, -0.1) is 0 Å². The Morgan fingerprint density at radius 2 is 1.72 bits per heavy atom. The van der Waals surface area contributed by atoms with E-state index in [0.29, 0.717) is 33.3 Å². The molecule has 3 rings (SSSR count). The summed E-state index contributed by atoms with van der Waals surface area (Å²) in [6.45, 7) is 7.34. The minimum absolute atomic E-state index is 0.0462. The third kappa shape index (κ3) is 5.34. The van der Waals surface area contributed by atoms with Crippen molar-refractivity contribution in [2.75, 3.05) is 7.11 Å². The van der Waals surface area contributed by atoms with Crippen LogP contribution in [-0.2, 0) is 9.53 Å². The number of urea groups is 1. The van der Waals surface area contributed by atoms with Crippen molar-refractivity contribution in [3.8, 4) is 11.5 Å². The Morgan fingerprint density at radius 1 is 1.03 bits per heavy atom. The Bertz CT molecular complexity index is 1030. The third-order valence-electron chi connectivity index (χ3n) is 4.67. The van der Waals surface area contributed by atoms with E-state index in [1.807, 2.05) is 13.8 Å². The monoisotopic (exact) mass is 458 g/mol. The summed E-state index contributed by atoms with van der Waals surface area (Å²) in [6.07, 6.45) is -0.383. The number of methoxy groups -OCH3 is 1. The van der Waals surface area contributed by atoms with Crippen LogP contribution in [0, 0.1) is 0 Å². The van der Waals surface area contributed by atoms with Gasteiger partial charge in [0, 0.05) is 0 Å². The molecule has 0 fully saturated rings. The summed E-state index contributed by atoms with van der Waals surface area (Å²) in [5.41, 5.74) is 1.91. The van der Waals surface area contributed by atoms with E-state index in [4.69, 9.17) is 25.8 Å². The van der Waals surface area contributed by atoms with Gasteiger partial charge in [-0.1, -0.05) is 17.7 Å². The van der Waals surface area contributed by atoms with Crippen molar-refractivity contribution in [2.45, 2.75) is 45.9 Å². The van der Waals surface area contributed by atoms with Gasteiger partial charge < -0.3 is 24.8 Å². The van der Waals surface area contributed by atoms with Crippen molar-refractivity contribution < 1.29 is 23.8 Å². The van der Waals surface area contributed by atoms with E-state index < -0.39 is 18.0 Å². The summed E-state index contributed by atoms with van der Waals surface area (Å²) in [7, 11) is 1.57. The molecule has 0 spiro atoms. The predicted molar refractivity (Wildman–Crippen MR) is 123 cm³/mol. The second-order valence-electron chi connectivity index (χ2n) is 7.86. The van der Waals surface area contributed by atoms with Gasteiger partial charge in [0.2, 0.25) is 0 Å². The minimum Gasteiger partial charge on any atom is -0.497 e. The number of ether oxygens (including phenoxy) is 3. The van der Waals surface area contributed by atoms with Crippen molar-refractivity contribution in [1.82, 2.24) is 10.6 Å². The van der Waals surface area contributed by atoms with Gasteiger partial charge in [0.15, 0.2) is 0 Å². The van der Waals surface area contributed by atoms with Crippen LogP contribution in [0.5, 0.6) is 11.5 Å². The highest BCUT2D eigenvalue weighted by Gasteiger charge is 2.35. The molecule has 0 bridgehead atoms. The normalized spacial score (nSPS) is 16.0. The lowest BCUT2D eigenvalue weighted by Crippen LogP contribution is -2.45. The first-order chi connectivity index (χ1) is 15.2. The Labute approximate surface area is 192 Å². The first-order valence-electron chi connectivity index (χ1n) is 10.3. The SMILES string of the molecule is COc1ccc(C2=C(C(=O)OC(C)C)C(c3ccc(OC(C)C)c(Cl)c3)NC(=O)N2)cc1. The largest absolute Gasteiger partial charge is 0.497 e. The van der Waals surface area contributed by atoms with E-state index in [1.165, 1.54) is 0 Å². The predicted octanol–water partition coefficient (Wildman–Crippen LogP) is 4.85. The molecule has 8 heteroatoms. The summed E-state index contributed by atoms with van der Waals surface area (Å²) in [6, 6.07) is 11.0. The second-order valence-corrected chi connectivity index (χ2v) is 8.27. The molecule has 0 aromatic heterocycles. The number of hydrogen-bond donors (Lipinski definition) is 2. The molecule has 170 valence electrons. The van der Waals surface area contributed by atoms with Crippen LogP contribution in [0.4, 0.5) is 4.79 Å². The number of amides is 2. The van der Waals surface area contributed by atoms with E-state index >= 15 is 0 Å². The quantitative estimate of drug-likeness (QED) is 0.579. The van der Waals surface area contributed by atoms with Crippen LogP contribution in [0.1, 0.15) is 44.9 Å². The van der Waals surface area contributed by atoms with Crippen molar-refractivity contribution in [3.63, 3.8) is 0 Å². The molecule has 2 aromatic carbocycles. The van der Waals surface area contributed by atoms with Crippen molar-refractivity contribution in [1.29, 1.82) is 0 Å². The van der Waals surface area contributed by atoms with Crippen molar-refractivity contribution >= 4 is 29.3 Å². The van der Waals surface area contributed by atoms with Crippen LogP contribution >= 0.6 is 11.6 Å². The number of esters is 1. The summed E-state index contributed by atoms with van der Waals surface area (Å²) in [5.74, 6) is 0.642. The van der Waals surface area contributed by atoms with Crippen LogP contribution in [0.2, 0.25) is 5.02 Å². The molecular weight excluding hydrogens is 432 g/mol. The van der Waals surface area contributed by atoms with Gasteiger partial charge >= 0.3 is 12.0 Å². The lowest BCUT2D eigenvalue weighted by Gasteiger charge is -2.30. The average Bonchev–Trinajstić information content (AvgIpc) is 2.73. The van der Waals surface area contributed by atoms with Crippen LogP contribution in [0.3, 0.4) is 0 Å². The summed E-state index contributed by atoms with van der Waals surface area (Å²) < 4.78 is 16.4. The summed E-state index contributed by atoms with van der Waals surface area (Å²) in [4.78, 5) is 25.7. The minimum atomic E-state index is -0.766. The lowest BCUT2D eigenvalue weighted by atomic mass is 9.92. The van der Waals surface area contributed by atoms with E-state index in [1.54, 1.807) is 63.4 Å². The molecule has 32 heavy (non-hydrogen) atoms. The molecule has 0 aliphatic carbocycles. The number of nitrogens with one attached hydrogen (secondary N) is 2. The summed E-state index contributed by atoms with van der Waals surface area (Å²) in [5, 5.41) is 5.95. The zero-order valence-corrected chi connectivity index (χ0v) is 19.4. The molecule has 1 aliphatic rings. The standard InChI is InChI=1S/C24H27ClN2O5/c1-13(2)31-19-11-8-16(12-18(19)25)22-20(23(28)32-14(3)4)21(26-24(29)27-22)15-6-9-17(30-5)10-7-15/h6-14,22H,1-5H3,(H2,26,27,29). The topological polar surface area (TPSA) is 85.9 Å². The highest BCUT2D eigenvalue weighted by Crippen LogP contribution is 2.36. The van der Waals surface area contributed by atoms with Gasteiger partial charge in [-0.3, -0.25) is 0 Å². The zero-order chi connectivity index (χ0) is 23.4. The fourth-order valence-corrected chi connectivity index (χ4v) is 3.58. The van der Waals surface area contributed by atoms with Gasteiger partial charge in [-0.25, -0.2) is 9.59 Å². The van der Waals surface area contributed by atoms with Gasteiger partial charge in [-0.05, 0) is 75.2 Å². The molecule has 1 aliphatic heterocycles. The zero-order valence-electron chi connectivity index (χ0n) is 18.7. The number of carbonyl (C=O) groups is 2. The molecule has 0 radical (unpaired) electrons. The molecular formula is C24H27ClN2O5. The number of carbonyl (C=O) groups excluding carboxylic acids is 2. The highest BCUT2D eigenvalue weighted by molar-refractivity contribution is 6.32. The fraction of sp³-hybridized carbons (Fsp3) is 0.333. The number of rotatable bonds is 7. The second kappa shape index (κ2) is 9.96. The Balaban J connectivity index is 2.12. The highest BCUT2D eigenvalue weighted by atomic mass is 35.5. The first kappa shape index (κ1) is 23.5. The molecule has 1 unspecified atom stereocenters. The molecule has 1 atom stereocenters. The maximum atomic E-state index is 13.1. The maximum absolute atomic E-state index is 13.1. The Kier molecular flexibility index (Phi) is 7.30. The molecule has 2 amide bonds. The first-order valence-corrected chi connectivity index (χ1v) is 10.7. The molecule has 0 saturated heterocycles. The number of hydrogen-bond acceptors (Lipinski definition) is 5. The van der Waals surface area contributed by atoms with Crippen LogP contribution in [0.15, 0.2) is 48.0 Å². The Hall–Kier alpha value is -3.19. The third-order valence-corrected chi connectivity index (χ3v) is 4.96. The van der Waals surface area contributed by atoms with E-state index in [9.17, 15) is 9.59 Å². The van der Waals surface area contributed by atoms with Crippen molar-refractivity contribution in [2.24, 2.45) is 0 Å². The maximum Gasteiger partial charge on any atom is 0.338 e. The van der Waals surface area contributed by atoms with E-state index in [0.717, 1.165) is 0 Å². The summed E-state index contributed by atoms with van der Waals surface area (Å²) >= 11 is 6.43. The van der Waals surface area contributed by atoms with E-state index in [2.05, 4.69) is 10.6 Å². The molecule has 1 heterocycles. The molecule has 7 nitrogen and oxygen atoms in total. The molecule has 2 aromatic rings. The lowest BCUT2D eigenvalue weighted by molar-refractivity contribution is -0.143. The smallest absolute Gasteiger partial charge is 0.338 e. The average molecular weight is 459 g/mol. The molecule has 2 N–H and O–H groups in total. The van der Waals surface area contributed by atoms with Crippen molar-refractivity contribution in [3.05, 3.63) is 64.2 Å². The van der Waals surface area contributed by atoms with Gasteiger partial charge in [-0.2, -0.15) is 0 Å². The van der Waals surface area contributed by atoms with E-state index in [-0.39, 0.29) is 17.8 Å². The van der Waals surface area contributed by atoms with Crippen LogP contribution in [0.25, 0.3) is 5.70 Å². The fourth-order valence-electron chi connectivity index (χ4n) is 3.34. The molecule has 0 saturated carbocycles. The van der Waals surface area contributed by atoms with Gasteiger partial charge in [0.25, 0.3) is 0 Å². The van der Waals surface area contributed by atoms with Crippen LogP contribution < -0.4 is 20.1 Å². The number of benzene rings is 2. The van der Waals surface area contributed by atoms with Crippen LogP contribution in [-0.4, -0.2) is 31.3 Å².